The molecule has 0 saturated carbocycles. The second kappa shape index (κ2) is 6.28. The Labute approximate surface area is 90.6 Å². The van der Waals surface area contributed by atoms with E-state index in [4.69, 9.17) is 10.2 Å². The summed E-state index contributed by atoms with van der Waals surface area (Å²) in [5.41, 5.74) is -1.34. The summed E-state index contributed by atoms with van der Waals surface area (Å²) in [6.07, 6.45) is 0. The quantitative estimate of drug-likeness (QED) is 0.391. The Morgan fingerprint density at radius 3 is 2.13 bits per heavy atom. The molecule has 0 aromatic carbocycles. The van der Waals surface area contributed by atoms with Crippen molar-refractivity contribution in [1.82, 2.24) is 0 Å². The van der Waals surface area contributed by atoms with Crippen LogP contribution in [0.25, 0.3) is 0 Å². The number of carboxylic acids is 2. The highest BCUT2D eigenvalue weighted by atomic mass is 32.2. The summed E-state index contributed by atoms with van der Waals surface area (Å²) in [5, 5.41) is 17.1. The molecule has 0 amide bonds. The van der Waals surface area contributed by atoms with Crippen molar-refractivity contribution in [3.05, 3.63) is 0 Å². The average Bonchev–Trinajstić information content (AvgIpc) is 2.15. The zero-order valence-corrected chi connectivity index (χ0v) is 9.11. The number of hydrogen-bond acceptors (Lipinski definition) is 5. The Hall–Kier alpha value is -1.24. The minimum absolute atomic E-state index is 0.450. The molecule has 86 valence electrons. The van der Waals surface area contributed by atoms with Crippen LogP contribution in [0.3, 0.4) is 0 Å². The highest BCUT2D eigenvalue weighted by Crippen LogP contribution is 2.14. The average molecular weight is 236 g/mol. The van der Waals surface area contributed by atoms with Crippen molar-refractivity contribution >= 4 is 29.7 Å². The van der Waals surface area contributed by atoms with E-state index < -0.39 is 29.3 Å². The summed E-state index contributed by atoms with van der Waals surface area (Å²) in [7, 11) is 0. The maximum atomic E-state index is 11.1. The molecule has 0 radical (unpaired) electrons. The second-order valence-electron chi connectivity index (χ2n) is 2.62. The van der Waals surface area contributed by atoms with E-state index in [0.29, 0.717) is 5.75 Å². The maximum absolute atomic E-state index is 11.1. The zero-order valence-electron chi connectivity index (χ0n) is 8.30. The first-order valence-corrected chi connectivity index (χ1v) is 5.22. The third kappa shape index (κ3) is 4.68. The standard InChI is InChI=1S/C8H12O6S/c1-3-15-8(6(11)12)14-7(13)4(2)5(9)10/h4,8H,3H2,1-2H3,(H,9,10)(H,11,12). The normalized spacial score (nSPS) is 14.0. The van der Waals surface area contributed by atoms with Crippen LogP contribution in [0.2, 0.25) is 0 Å². The number of aliphatic carboxylic acids is 2. The smallest absolute Gasteiger partial charge is 0.355 e. The molecule has 0 heterocycles. The third-order valence-corrected chi connectivity index (χ3v) is 2.40. The van der Waals surface area contributed by atoms with Gasteiger partial charge in [-0.3, -0.25) is 9.59 Å². The molecule has 0 aliphatic heterocycles. The fourth-order valence-corrected chi connectivity index (χ4v) is 1.22. The molecule has 0 saturated heterocycles. The van der Waals surface area contributed by atoms with Gasteiger partial charge in [0.15, 0.2) is 5.92 Å². The van der Waals surface area contributed by atoms with Crippen LogP contribution in [-0.4, -0.2) is 39.3 Å². The molecule has 0 aliphatic rings. The molecule has 6 nitrogen and oxygen atoms in total. The lowest BCUT2D eigenvalue weighted by Gasteiger charge is -2.13. The van der Waals surface area contributed by atoms with Gasteiger partial charge in [0, 0.05) is 0 Å². The number of ether oxygens (including phenoxy) is 1. The van der Waals surface area contributed by atoms with Crippen molar-refractivity contribution in [2.75, 3.05) is 5.75 Å². The lowest BCUT2D eigenvalue weighted by molar-refractivity contribution is -0.165. The molecule has 0 fully saturated rings. The fraction of sp³-hybridized carbons (Fsp3) is 0.625. The van der Waals surface area contributed by atoms with E-state index in [-0.39, 0.29) is 0 Å². The molecule has 15 heavy (non-hydrogen) atoms. The predicted molar refractivity (Wildman–Crippen MR) is 52.4 cm³/mol. The van der Waals surface area contributed by atoms with Gasteiger partial charge < -0.3 is 14.9 Å². The summed E-state index contributed by atoms with van der Waals surface area (Å²) < 4.78 is 4.52. The lowest BCUT2D eigenvalue weighted by atomic mass is 10.2. The molecular formula is C8H12O6S. The van der Waals surface area contributed by atoms with E-state index in [0.717, 1.165) is 18.7 Å². The van der Waals surface area contributed by atoms with Gasteiger partial charge in [0.05, 0.1) is 0 Å². The van der Waals surface area contributed by atoms with Crippen LogP contribution in [0.4, 0.5) is 0 Å². The van der Waals surface area contributed by atoms with Crippen molar-refractivity contribution in [1.29, 1.82) is 0 Å². The molecule has 0 rings (SSSR count). The van der Waals surface area contributed by atoms with Crippen LogP contribution in [0.5, 0.6) is 0 Å². The van der Waals surface area contributed by atoms with Crippen LogP contribution in [0, 0.1) is 5.92 Å². The molecule has 0 spiro atoms. The van der Waals surface area contributed by atoms with E-state index in [1.165, 1.54) is 0 Å². The molecular weight excluding hydrogens is 224 g/mol. The number of thioether (sulfide) groups is 1. The van der Waals surface area contributed by atoms with E-state index in [2.05, 4.69) is 4.74 Å². The summed E-state index contributed by atoms with van der Waals surface area (Å²) in [6, 6.07) is 0. The van der Waals surface area contributed by atoms with Gasteiger partial charge in [-0.25, -0.2) is 4.79 Å². The van der Waals surface area contributed by atoms with Crippen LogP contribution >= 0.6 is 11.8 Å². The molecule has 0 aliphatic carbocycles. The molecule has 0 bridgehead atoms. The Balaban J connectivity index is 4.35. The first kappa shape index (κ1) is 13.8. The SMILES string of the molecule is CCSC(OC(=O)C(C)C(=O)O)C(=O)O. The van der Waals surface area contributed by atoms with Gasteiger partial charge in [0.25, 0.3) is 0 Å². The van der Waals surface area contributed by atoms with E-state index in [9.17, 15) is 14.4 Å². The highest BCUT2D eigenvalue weighted by molar-refractivity contribution is 8.00. The molecule has 2 atom stereocenters. The summed E-state index contributed by atoms with van der Waals surface area (Å²) >= 11 is 0.906. The molecule has 2 unspecified atom stereocenters. The Morgan fingerprint density at radius 2 is 1.80 bits per heavy atom. The van der Waals surface area contributed by atoms with Crippen molar-refractivity contribution in [2.45, 2.75) is 19.3 Å². The van der Waals surface area contributed by atoms with Gasteiger partial charge in [-0.15, -0.1) is 11.8 Å². The van der Waals surface area contributed by atoms with Crippen molar-refractivity contribution in [3.8, 4) is 0 Å². The van der Waals surface area contributed by atoms with Crippen LogP contribution in [-0.2, 0) is 19.1 Å². The Bertz CT molecular complexity index is 264. The second-order valence-corrected chi connectivity index (χ2v) is 3.96. The fourth-order valence-electron chi connectivity index (χ4n) is 0.615. The topological polar surface area (TPSA) is 101 Å². The molecule has 0 aromatic heterocycles. The van der Waals surface area contributed by atoms with Gasteiger partial charge in [0.1, 0.15) is 0 Å². The van der Waals surface area contributed by atoms with Crippen molar-refractivity contribution in [3.63, 3.8) is 0 Å². The first-order chi connectivity index (χ1) is 6.90. The summed E-state index contributed by atoms with van der Waals surface area (Å²) in [6.45, 7) is 2.84. The number of carboxylic acid groups (broad SMARTS) is 2. The van der Waals surface area contributed by atoms with E-state index in [1.54, 1.807) is 6.92 Å². The molecule has 7 heteroatoms. The van der Waals surface area contributed by atoms with E-state index >= 15 is 0 Å². The first-order valence-electron chi connectivity index (χ1n) is 4.17. The minimum atomic E-state index is -1.36. The number of hydrogen-bond donors (Lipinski definition) is 2. The Morgan fingerprint density at radius 1 is 1.27 bits per heavy atom. The number of carbonyl (C=O) groups is 3. The lowest BCUT2D eigenvalue weighted by Crippen LogP contribution is -2.30. The Kier molecular flexibility index (Phi) is 5.76. The van der Waals surface area contributed by atoms with Crippen LogP contribution in [0.15, 0.2) is 0 Å². The number of carbonyl (C=O) groups excluding carboxylic acids is 1. The van der Waals surface area contributed by atoms with Crippen LogP contribution < -0.4 is 0 Å². The molecule has 2 N–H and O–H groups in total. The predicted octanol–water partition coefficient (Wildman–Crippen LogP) is 0.414. The van der Waals surface area contributed by atoms with Crippen LogP contribution in [0.1, 0.15) is 13.8 Å². The monoisotopic (exact) mass is 236 g/mol. The van der Waals surface area contributed by atoms with E-state index in [1.807, 2.05) is 0 Å². The molecule has 0 aromatic rings. The highest BCUT2D eigenvalue weighted by Gasteiger charge is 2.28. The number of rotatable bonds is 6. The van der Waals surface area contributed by atoms with Gasteiger partial charge >= 0.3 is 17.9 Å². The summed E-state index contributed by atoms with van der Waals surface area (Å²) in [5.74, 6) is -4.59. The largest absolute Gasteiger partial charge is 0.481 e. The van der Waals surface area contributed by atoms with Gasteiger partial charge in [-0.1, -0.05) is 6.92 Å². The minimum Gasteiger partial charge on any atom is -0.481 e. The van der Waals surface area contributed by atoms with Crippen molar-refractivity contribution < 1.29 is 29.3 Å². The van der Waals surface area contributed by atoms with Gasteiger partial charge in [-0.05, 0) is 12.7 Å². The zero-order chi connectivity index (χ0) is 12.0. The van der Waals surface area contributed by atoms with Crippen molar-refractivity contribution in [2.24, 2.45) is 5.92 Å². The maximum Gasteiger partial charge on any atom is 0.355 e. The van der Waals surface area contributed by atoms with Gasteiger partial charge in [0.2, 0.25) is 5.44 Å². The number of esters is 1. The third-order valence-electron chi connectivity index (χ3n) is 1.47. The summed E-state index contributed by atoms with van der Waals surface area (Å²) in [4.78, 5) is 32.1. The van der Waals surface area contributed by atoms with Gasteiger partial charge in [-0.2, -0.15) is 0 Å².